The number of ketones is 1. The molecule has 1 aromatic carbocycles. The minimum atomic E-state index is -1.18. The van der Waals surface area contributed by atoms with Crippen molar-refractivity contribution < 1.29 is 13.7 Å². The molecule has 0 bridgehead atoms. The van der Waals surface area contributed by atoms with Crippen molar-refractivity contribution in [3.63, 3.8) is 0 Å². The molecule has 4 heteroatoms. The Labute approximate surface area is 123 Å². The summed E-state index contributed by atoms with van der Waals surface area (Å²) in [6.45, 7) is 6.42. The number of carbonyl (C=O) groups is 1. The maximum atomic E-state index is 12.5. The second-order valence-corrected chi connectivity index (χ2v) is 7.26. The average molecular weight is 294 g/mol. The van der Waals surface area contributed by atoms with Crippen molar-refractivity contribution in [2.45, 2.75) is 50.2 Å². The van der Waals surface area contributed by atoms with Crippen LogP contribution < -0.4 is 0 Å². The van der Waals surface area contributed by atoms with Crippen LogP contribution in [0.25, 0.3) is 0 Å². The predicted octanol–water partition coefficient (Wildman–Crippen LogP) is 2.75. The average Bonchev–Trinajstić information content (AvgIpc) is 2.91. The number of ether oxygens (including phenoxy) is 1. The second-order valence-electron chi connectivity index (χ2n) is 5.29. The summed E-state index contributed by atoms with van der Waals surface area (Å²) in [7, 11) is -1.18. The first-order valence-corrected chi connectivity index (χ1v) is 8.46. The van der Waals surface area contributed by atoms with Gasteiger partial charge in [-0.1, -0.05) is 31.2 Å². The molecule has 0 amide bonds. The molecular formula is C16H22O3S. The lowest BCUT2D eigenvalue weighted by Gasteiger charge is -2.18. The van der Waals surface area contributed by atoms with E-state index in [1.165, 1.54) is 5.56 Å². The molecule has 0 spiro atoms. The lowest BCUT2D eigenvalue weighted by atomic mass is 10.1. The van der Waals surface area contributed by atoms with Gasteiger partial charge in [-0.25, -0.2) is 0 Å². The molecule has 2 rings (SSSR count). The number of hydrogen-bond acceptors (Lipinski definition) is 3. The van der Waals surface area contributed by atoms with Gasteiger partial charge in [0, 0.05) is 23.0 Å². The number of hydrogen-bond donors (Lipinski definition) is 0. The van der Waals surface area contributed by atoms with Crippen molar-refractivity contribution in [3.05, 3.63) is 35.4 Å². The van der Waals surface area contributed by atoms with E-state index in [9.17, 15) is 9.00 Å². The van der Waals surface area contributed by atoms with E-state index in [0.717, 1.165) is 12.8 Å². The normalized spacial score (nSPS) is 25.4. The molecule has 1 aliphatic rings. The van der Waals surface area contributed by atoms with Crippen LogP contribution in [0.1, 0.15) is 43.1 Å². The molecule has 3 nitrogen and oxygen atoms in total. The second kappa shape index (κ2) is 6.64. The van der Waals surface area contributed by atoms with E-state index >= 15 is 0 Å². The van der Waals surface area contributed by atoms with Crippen LogP contribution in [0.2, 0.25) is 0 Å². The minimum Gasteiger partial charge on any atom is -0.377 e. The molecule has 1 fully saturated rings. The molecule has 0 N–H and O–H groups in total. The summed E-state index contributed by atoms with van der Waals surface area (Å²) >= 11 is 0. The fourth-order valence-corrected chi connectivity index (χ4v) is 4.18. The third-order valence-electron chi connectivity index (χ3n) is 3.97. The van der Waals surface area contributed by atoms with E-state index in [2.05, 4.69) is 6.92 Å². The molecule has 0 radical (unpaired) electrons. The monoisotopic (exact) mass is 294 g/mol. The summed E-state index contributed by atoms with van der Waals surface area (Å²) in [5, 5.41) is -0.500. The van der Waals surface area contributed by atoms with Crippen LogP contribution in [0.4, 0.5) is 0 Å². The summed E-state index contributed by atoms with van der Waals surface area (Å²) < 4.78 is 18.0. The summed E-state index contributed by atoms with van der Waals surface area (Å²) in [6, 6.07) is 7.60. The van der Waals surface area contributed by atoms with Gasteiger partial charge in [-0.15, -0.1) is 0 Å². The largest absolute Gasteiger partial charge is 0.377 e. The number of carbonyl (C=O) groups excluding carboxylic acids is 1. The molecular weight excluding hydrogens is 272 g/mol. The Bertz CT molecular complexity index is 495. The summed E-state index contributed by atoms with van der Waals surface area (Å²) in [5.74, 6) is -0.0370. The van der Waals surface area contributed by atoms with Crippen LogP contribution in [0, 0.1) is 0 Å². The van der Waals surface area contributed by atoms with E-state index in [-0.39, 0.29) is 17.1 Å². The Morgan fingerprint density at radius 3 is 2.55 bits per heavy atom. The van der Waals surface area contributed by atoms with Gasteiger partial charge in [0.2, 0.25) is 0 Å². The van der Waals surface area contributed by atoms with Gasteiger partial charge >= 0.3 is 0 Å². The zero-order valence-electron chi connectivity index (χ0n) is 12.3. The van der Waals surface area contributed by atoms with Crippen LogP contribution in [0.5, 0.6) is 0 Å². The van der Waals surface area contributed by atoms with E-state index < -0.39 is 16.0 Å². The van der Waals surface area contributed by atoms with Crippen LogP contribution in [-0.2, 0) is 22.0 Å². The highest BCUT2D eigenvalue weighted by Crippen LogP contribution is 2.23. The lowest BCUT2D eigenvalue weighted by Crippen LogP contribution is -2.34. The molecule has 1 aliphatic heterocycles. The van der Waals surface area contributed by atoms with E-state index in [0.29, 0.717) is 12.2 Å². The smallest absolute Gasteiger partial charge is 0.178 e. The topological polar surface area (TPSA) is 43.4 Å². The van der Waals surface area contributed by atoms with Gasteiger partial charge in [-0.3, -0.25) is 9.00 Å². The number of aryl methyl sites for hydroxylation is 1. The van der Waals surface area contributed by atoms with Gasteiger partial charge in [0.25, 0.3) is 0 Å². The Morgan fingerprint density at radius 1 is 1.40 bits per heavy atom. The van der Waals surface area contributed by atoms with Crippen molar-refractivity contribution in [2.24, 2.45) is 0 Å². The van der Waals surface area contributed by atoms with Crippen molar-refractivity contribution in [2.75, 3.05) is 6.61 Å². The lowest BCUT2D eigenvalue weighted by molar-refractivity contribution is 0.0992. The number of benzene rings is 1. The highest BCUT2D eigenvalue weighted by molar-refractivity contribution is 7.87. The third-order valence-corrected chi connectivity index (χ3v) is 6.10. The van der Waals surface area contributed by atoms with Crippen molar-refractivity contribution >= 4 is 16.6 Å². The predicted molar refractivity (Wildman–Crippen MR) is 81.6 cm³/mol. The molecule has 4 atom stereocenters. The molecule has 0 saturated carbocycles. The van der Waals surface area contributed by atoms with Crippen molar-refractivity contribution in [1.29, 1.82) is 0 Å². The highest BCUT2D eigenvalue weighted by atomic mass is 32.2. The minimum absolute atomic E-state index is 0.0199. The molecule has 110 valence electrons. The molecule has 1 aromatic rings. The first-order chi connectivity index (χ1) is 9.54. The third kappa shape index (κ3) is 3.18. The quantitative estimate of drug-likeness (QED) is 0.784. The zero-order valence-corrected chi connectivity index (χ0v) is 13.1. The fourth-order valence-electron chi connectivity index (χ4n) is 2.52. The number of Topliss-reactive ketones (excluding diaryl/α,β-unsaturated/α-hetero) is 1. The highest BCUT2D eigenvalue weighted by Gasteiger charge is 2.35. The van der Waals surface area contributed by atoms with Gasteiger partial charge in [0.05, 0.1) is 16.6 Å². The van der Waals surface area contributed by atoms with Gasteiger partial charge in [-0.2, -0.15) is 0 Å². The molecule has 4 unspecified atom stereocenters. The molecule has 1 saturated heterocycles. The molecule has 0 aromatic heterocycles. The molecule has 0 aliphatic carbocycles. The van der Waals surface area contributed by atoms with Gasteiger partial charge in [-0.05, 0) is 32.3 Å². The van der Waals surface area contributed by atoms with Crippen LogP contribution in [-0.4, -0.2) is 33.2 Å². The molecule has 20 heavy (non-hydrogen) atoms. The van der Waals surface area contributed by atoms with Crippen LogP contribution in [0.15, 0.2) is 24.3 Å². The van der Waals surface area contributed by atoms with E-state index in [1.54, 1.807) is 6.92 Å². The van der Waals surface area contributed by atoms with E-state index in [1.807, 2.05) is 31.2 Å². The fraction of sp³-hybridized carbons (Fsp3) is 0.562. The van der Waals surface area contributed by atoms with Gasteiger partial charge in [0.1, 0.15) is 0 Å². The SMILES string of the molecule is CCc1ccc(C(=O)C(C)S(=O)C2CCOC2C)cc1. The Balaban J connectivity index is 2.09. The first-order valence-electron chi connectivity index (χ1n) is 7.18. The standard InChI is InChI=1S/C16H22O3S/c1-4-13-5-7-14(8-6-13)16(17)12(3)20(18)15-9-10-19-11(15)2/h5-8,11-12,15H,4,9-10H2,1-3H3. The Kier molecular flexibility index (Phi) is 5.11. The Morgan fingerprint density at radius 2 is 2.05 bits per heavy atom. The summed E-state index contributed by atoms with van der Waals surface area (Å²) in [6.07, 6.45) is 1.71. The van der Waals surface area contributed by atoms with E-state index in [4.69, 9.17) is 4.74 Å². The maximum Gasteiger partial charge on any atom is 0.178 e. The summed E-state index contributed by atoms with van der Waals surface area (Å²) in [5.41, 5.74) is 1.85. The zero-order chi connectivity index (χ0) is 14.7. The van der Waals surface area contributed by atoms with Crippen molar-refractivity contribution in [1.82, 2.24) is 0 Å². The van der Waals surface area contributed by atoms with Crippen molar-refractivity contribution in [3.8, 4) is 0 Å². The maximum absolute atomic E-state index is 12.5. The van der Waals surface area contributed by atoms with Crippen LogP contribution >= 0.6 is 0 Å². The number of rotatable bonds is 5. The van der Waals surface area contributed by atoms with Crippen LogP contribution in [0.3, 0.4) is 0 Å². The summed E-state index contributed by atoms with van der Waals surface area (Å²) in [4.78, 5) is 12.4. The Hall–Kier alpha value is -1.00. The first kappa shape index (κ1) is 15.4. The molecule has 1 heterocycles. The van der Waals surface area contributed by atoms with Gasteiger partial charge in [0.15, 0.2) is 5.78 Å². The van der Waals surface area contributed by atoms with Gasteiger partial charge < -0.3 is 4.74 Å².